The molecule has 0 saturated carbocycles. The van der Waals surface area contributed by atoms with E-state index in [9.17, 15) is 4.79 Å². The Morgan fingerprint density at radius 2 is 1.12 bits per heavy atom. The van der Waals surface area contributed by atoms with Gasteiger partial charge in [0, 0.05) is 12.2 Å². The molecule has 0 radical (unpaired) electrons. The van der Waals surface area contributed by atoms with Gasteiger partial charge in [-0.1, -0.05) is 0 Å². The first-order valence-electron chi connectivity index (χ1n) is 5.43. The third kappa shape index (κ3) is 4.09. The van der Waals surface area contributed by atoms with Crippen molar-refractivity contribution in [2.24, 2.45) is 0 Å². The van der Waals surface area contributed by atoms with E-state index in [1.807, 2.05) is 41.5 Å². The molecule has 0 bridgehead atoms. The molecule has 0 saturated heterocycles. The summed E-state index contributed by atoms with van der Waals surface area (Å²) in [6.45, 7) is 11.6. The number of hydrogen-bond acceptors (Lipinski definition) is 3. The SMILES string of the molecule is CC(C)(C)OC1=CC(=O)C=C1OC(C)(C)C. The summed E-state index contributed by atoms with van der Waals surface area (Å²) < 4.78 is 11.3. The fourth-order valence-electron chi connectivity index (χ4n) is 1.26. The number of carbonyl (C=O) groups excluding carboxylic acids is 1. The van der Waals surface area contributed by atoms with Crippen LogP contribution in [0.3, 0.4) is 0 Å². The van der Waals surface area contributed by atoms with Crippen LogP contribution >= 0.6 is 0 Å². The summed E-state index contributed by atoms with van der Waals surface area (Å²) >= 11 is 0. The predicted octanol–water partition coefficient (Wildman–Crippen LogP) is 2.97. The minimum atomic E-state index is -0.337. The van der Waals surface area contributed by atoms with E-state index in [2.05, 4.69) is 0 Å². The van der Waals surface area contributed by atoms with Gasteiger partial charge in [-0.15, -0.1) is 0 Å². The van der Waals surface area contributed by atoms with Crippen LogP contribution in [-0.2, 0) is 14.3 Å². The van der Waals surface area contributed by atoms with Gasteiger partial charge in [-0.25, -0.2) is 0 Å². The second kappa shape index (κ2) is 3.96. The average Bonchev–Trinajstić information content (AvgIpc) is 2.23. The zero-order valence-electron chi connectivity index (χ0n) is 10.9. The van der Waals surface area contributed by atoms with Gasteiger partial charge in [0.1, 0.15) is 11.2 Å². The molecule has 16 heavy (non-hydrogen) atoms. The minimum Gasteiger partial charge on any atom is -0.484 e. The summed E-state index contributed by atoms with van der Waals surface area (Å²) in [6.07, 6.45) is 2.93. The Kier molecular flexibility index (Phi) is 3.17. The number of rotatable bonds is 2. The van der Waals surface area contributed by atoms with E-state index in [0.29, 0.717) is 11.5 Å². The molecule has 0 aromatic rings. The highest BCUT2D eigenvalue weighted by molar-refractivity contribution is 6.03. The van der Waals surface area contributed by atoms with Crippen molar-refractivity contribution < 1.29 is 14.3 Å². The summed E-state index contributed by atoms with van der Waals surface area (Å²) in [7, 11) is 0. The van der Waals surface area contributed by atoms with Crippen molar-refractivity contribution in [3.8, 4) is 0 Å². The van der Waals surface area contributed by atoms with Crippen molar-refractivity contribution in [2.45, 2.75) is 52.7 Å². The van der Waals surface area contributed by atoms with Crippen molar-refractivity contribution in [3.63, 3.8) is 0 Å². The third-order valence-corrected chi connectivity index (χ3v) is 1.62. The molecule has 0 spiro atoms. The lowest BCUT2D eigenvalue weighted by Gasteiger charge is -2.27. The minimum absolute atomic E-state index is 0.0847. The lowest BCUT2D eigenvalue weighted by atomic mass is 10.2. The molecule has 90 valence electrons. The molecule has 1 aliphatic rings. The molecule has 3 heteroatoms. The van der Waals surface area contributed by atoms with Gasteiger partial charge in [-0.05, 0) is 41.5 Å². The van der Waals surface area contributed by atoms with E-state index in [0.717, 1.165) is 0 Å². The number of carbonyl (C=O) groups is 1. The van der Waals surface area contributed by atoms with Gasteiger partial charge in [0.05, 0.1) is 0 Å². The normalized spacial score (nSPS) is 17.0. The fraction of sp³-hybridized carbons (Fsp3) is 0.615. The average molecular weight is 224 g/mol. The highest BCUT2D eigenvalue weighted by Gasteiger charge is 2.26. The van der Waals surface area contributed by atoms with Gasteiger partial charge in [0.2, 0.25) is 0 Å². The molecular weight excluding hydrogens is 204 g/mol. The van der Waals surface area contributed by atoms with Crippen LogP contribution in [-0.4, -0.2) is 17.0 Å². The van der Waals surface area contributed by atoms with Crippen LogP contribution in [0.5, 0.6) is 0 Å². The molecule has 0 heterocycles. The van der Waals surface area contributed by atoms with Crippen molar-refractivity contribution in [3.05, 3.63) is 23.7 Å². The number of ether oxygens (including phenoxy) is 2. The third-order valence-electron chi connectivity index (χ3n) is 1.62. The summed E-state index contributed by atoms with van der Waals surface area (Å²) in [5.41, 5.74) is -0.673. The smallest absolute Gasteiger partial charge is 0.186 e. The van der Waals surface area contributed by atoms with Gasteiger partial charge < -0.3 is 9.47 Å². The first-order valence-corrected chi connectivity index (χ1v) is 5.43. The van der Waals surface area contributed by atoms with Gasteiger partial charge >= 0.3 is 0 Å². The first-order chi connectivity index (χ1) is 7.07. The molecule has 0 amide bonds. The van der Waals surface area contributed by atoms with Crippen LogP contribution in [0, 0.1) is 0 Å². The molecule has 0 unspecified atom stereocenters. The summed E-state index contributed by atoms with van der Waals surface area (Å²) in [5.74, 6) is 0.957. The van der Waals surface area contributed by atoms with Crippen molar-refractivity contribution in [2.75, 3.05) is 0 Å². The van der Waals surface area contributed by atoms with Crippen molar-refractivity contribution in [1.82, 2.24) is 0 Å². The van der Waals surface area contributed by atoms with E-state index < -0.39 is 0 Å². The van der Waals surface area contributed by atoms with Crippen molar-refractivity contribution in [1.29, 1.82) is 0 Å². The maximum absolute atomic E-state index is 11.3. The van der Waals surface area contributed by atoms with Gasteiger partial charge in [-0.2, -0.15) is 0 Å². The lowest BCUT2D eigenvalue weighted by Crippen LogP contribution is -2.23. The molecule has 0 aromatic carbocycles. The van der Waals surface area contributed by atoms with Gasteiger partial charge in [-0.3, -0.25) is 4.79 Å². The van der Waals surface area contributed by atoms with E-state index in [4.69, 9.17) is 9.47 Å². The molecule has 1 aliphatic carbocycles. The van der Waals surface area contributed by atoms with Crippen LogP contribution in [0.1, 0.15) is 41.5 Å². The molecule has 0 fully saturated rings. The van der Waals surface area contributed by atoms with E-state index in [1.54, 1.807) is 0 Å². The molecule has 3 nitrogen and oxygen atoms in total. The highest BCUT2D eigenvalue weighted by Crippen LogP contribution is 2.28. The molecule has 0 N–H and O–H groups in total. The molecular formula is C13H20O3. The molecule has 0 atom stereocenters. The van der Waals surface area contributed by atoms with Gasteiger partial charge in [0.25, 0.3) is 0 Å². The first kappa shape index (κ1) is 12.8. The second-order valence-electron chi connectivity index (χ2n) is 5.85. The quantitative estimate of drug-likeness (QED) is 0.723. The van der Waals surface area contributed by atoms with E-state index in [1.165, 1.54) is 12.2 Å². The molecule has 0 aromatic heterocycles. The Labute approximate surface area is 97.1 Å². The lowest BCUT2D eigenvalue weighted by molar-refractivity contribution is -0.110. The number of ketones is 1. The van der Waals surface area contributed by atoms with Crippen LogP contribution < -0.4 is 0 Å². The summed E-state index contributed by atoms with van der Waals surface area (Å²) in [5, 5.41) is 0. The maximum Gasteiger partial charge on any atom is 0.186 e. The zero-order valence-corrected chi connectivity index (χ0v) is 10.9. The highest BCUT2D eigenvalue weighted by atomic mass is 16.6. The van der Waals surface area contributed by atoms with Crippen LogP contribution in [0.15, 0.2) is 23.7 Å². The van der Waals surface area contributed by atoms with Crippen LogP contribution in [0.2, 0.25) is 0 Å². The number of allylic oxidation sites excluding steroid dienone is 2. The standard InChI is InChI=1S/C13H20O3/c1-12(2,3)15-10-7-9(14)8-11(10)16-13(4,5)6/h7-8H,1-6H3. The van der Waals surface area contributed by atoms with Gasteiger partial charge in [0.15, 0.2) is 17.3 Å². The van der Waals surface area contributed by atoms with Crippen LogP contribution in [0.25, 0.3) is 0 Å². The summed E-state index contributed by atoms with van der Waals surface area (Å²) in [4.78, 5) is 11.3. The molecule has 1 rings (SSSR count). The van der Waals surface area contributed by atoms with Crippen LogP contribution in [0.4, 0.5) is 0 Å². The largest absolute Gasteiger partial charge is 0.484 e. The fourth-order valence-corrected chi connectivity index (χ4v) is 1.26. The monoisotopic (exact) mass is 224 g/mol. The van der Waals surface area contributed by atoms with E-state index in [-0.39, 0.29) is 17.0 Å². The summed E-state index contributed by atoms with van der Waals surface area (Å²) in [6, 6.07) is 0. The Bertz CT molecular complexity index is 314. The topological polar surface area (TPSA) is 35.5 Å². The maximum atomic E-state index is 11.3. The van der Waals surface area contributed by atoms with E-state index >= 15 is 0 Å². The Balaban J connectivity index is 2.82. The van der Waals surface area contributed by atoms with Crippen molar-refractivity contribution >= 4 is 5.78 Å². The second-order valence-corrected chi connectivity index (χ2v) is 5.85. The Hall–Kier alpha value is -1.25. The number of hydrogen-bond donors (Lipinski definition) is 0. The zero-order chi connectivity index (χ0) is 12.6. The predicted molar refractivity (Wildman–Crippen MR) is 62.8 cm³/mol. The Morgan fingerprint density at radius 3 is 1.38 bits per heavy atom. The molecule has 0 aliphatic heterocycles. The Morgan fingerprint density at radius 1 is 0.812 bits per heavy atom.